The van der Waals surface area contributed by atoms with Gasteiger partial charge in [-0.15, -0.1) is 11.8 Å². The van der Waals surface area contributed by atoms with Gasteiger partial charge in [0.25, 0.3) is 0 Å². The summed E-state index contributed by atoms with van der Waals surface area (Å²) in [7, 11) is 0. The van der Waals surface area contributed by atoms with Crippen LogP contribution in [0.5, 0.6) is 0 Å². The first-order valence-corrected chi connectivity index (χ1v) is 8.77. The van der Waals surface area contributed by atoms with Crippen LogP contribution >= 0.6 is 23.5 Å². The molecule has 1 atom stereocenters. The average molecular weight is 283 g/mol. The molecule has 0 saturated carbocycles. The highest BCUT2D eigenvalue weighted by atomic mass is 32.2. The van der Waals surface area contributed by atoms with Crippen LogP contribution in [0.1, 0.15) is 44.2 Å². The highest BCUT2D eigenvalue weighted by molar-refractivity contribution is 7.99. The van der Waals surface area contributed by atoms with Crippen LogP contribution in [0, 0.1) is 5.92 Å². The van der Waals surface area contributed by atoms with Crippen LogP contribution < -0.4 is 0 Å². The molecule has 1 unspecified atom stereocenters. The molecule has 3 nitrogen and oxygen atoms in total. The van der Waals surface area contributed by atoms with Gasteiger partial charge in [0.1, 0.15) is 5.03 Å². The Hall–Kier alpha value is -0.130. The van der Waals surface area contributed by atoms with Crippen molar-refractivity contribution in [2.75, 3.05) is 25.4 Å². The average Bonchev–Trinajstić information content (AvgIpc) is 2.89. The normalized spacial score (nSPS) is 30.8. The van der Waals surface area contributed by atoms with Gasteiger partial charge >= 0.3 is 0 Å². The number of thioether (sulfide) groups is 1. The van der Waals surface area contributed by atoms with E-state index in [1.807, 2.05) is 11.8 Å². The fourth-order valence-electron chi connectivity index (χ4n) is 3.10. The van der Waals surface area contributed by atoms with Crippen LogP contribution in [0.15, 0.2) is 5.03 Å². The SMILES string of the molecule is CCCCSc1nsnc1C1CN2CCC1CC2. The van der Waals surface area contributed by atoms with Gasteiger partial charge in [0.15, 0.2) is 0 Å². The second kappa shape index (κ2) is 5.88. The highest BCUT2D eigenvalue weighted by Crippen LogP contribution is 2.41. The molecular formula is C13H21N3S2. The highest BCUT2D eigenvalue weighted by Gasteiger charge is 2.37. The van der Waals surface area contributed by atoms with Crippen LogP contribution in [0.2, 0.25) is 0 Å². The molecule has 1 aromatic heterocycles. The fraction of sp³-hybridized carbons (Fsp3) is 0.846. The Morgan fingerprint density at radius 3 is 2.83 bits per heavy atom. The molecular weight excluding hydrogens is 262 g/mol. The molecule has 3 saturated heterocycles. The smallest absolute Gasteiger partial charge is 0.134 e. The lowest BCUT2D eigenvalue weighted by Gasteiger charge is -2.44. The van der Waals surface area contributed by atoms with Crippen LogP contribution in [-0.4, -0.2) is 39.0 Å². The van der Waals surface area contributed by atoms with Gasteiger partial charge < -0.3 is 4.90 Å². The molecule has 2 bridgehead atoms. The second-order valence-corrected chi connectivity index (χ2v) is 7.01. The van der Waals surface area contributed by atoms with Crippen LogP contribution in [-0.2, 0) is 0 Å². The summed E-state index contributed by atoms with van der Waals surface area (Å²) in [5, 5.41) is 1.23. The zero-order chi connectivity index (χ0) is 12.4. The summed E-state index contributed by atoms with van der Waals surface area (Å²) in [6.45, 7) is 6.07. The number of hydrogen-bond donors (Lipinski definition) is 0. The van der Waals surface area contributed by atoms with E-state index in [9.17, 15) is 0 Å². The van der Waals surface area contributed by atoms with Crippen LogP contribution in [0.25, 0.3) is 0 Å². The van der Waals surface area contributed by atoms with Crippen LogP contribution in [0.3, 0.4) is 0 Å². The molecule has 0 amide bonds. The van der Waals surface area contributed by atoms with Crippen molar-refractivity contribution >= 4 is 23.5 Å². The molecule has 3 aliphatic heterocycles. The standard InChI is InChI=1S/C13H21N3S2/c1-2-3-8-17-13-12(14-18-15-13)11-9-16-6-4-10(11)5-7-16/h10-11H,2-9H2,1H3. The number of fused-ring (bicyclic) bond motifs is 3. The quantitative estimate of drug-likeness (QED) is 0.613. The van der Waals surface area contributed by atoms with E-state index >= 15 is 0 Å². The van der Waals surface area contributed by atoms with Crippen molar-refractivity contribution in [3.05, 3.63) is 5.69 Å². The molecule has 0 aliphatic carbocycles. The number of aromatic nitrogens is 2. The van der Waals surface area contributed by atoms with Gasteiger partial charge in [-0.05, 0) is 44.0 Å². The number of nitrogens with zero attached hydrogens (tertiary/aromatic N) is 3. The predicted octanol–water partition coefficient (Wildman–Crippen LogP) is 3.24. The first-order chi connectivity index (χ1) is 8.88. The third-order valence-electron chi connectivity index (χ3n) is 4.23. The minimum absolute atomic E-state index is 0.662. The minimum atomic E-state index is 0.662. The van der Waals surface area contributed by atoms with Crippen molar-refractivity contribution in [3.8, 4) is 0 Å². The zero-order valence-corrected chi connectivity index (χ0v) is 12.6. The lowest BCUT2D eigenvalue weighted by atomic mass is 9.78. The Labute approximate surface area is 118 Å². The molecule has 4 heterocycles. The van der Waals surface area contributed by atoms with Gasteiger partial charge in [-0.1, -0.05) is 13.3 Å². The summed E-state index contributed by atoms with van der Waals surface area (Å²) in [5.74, 6) is 2.72. The van der Waals surface area contributed by atoms with E-state index in [4.69, 9.17) is 0 Å². The Morgan fingerprint density at radius 1 is 1.33 bits per heavy atom. The maximum Gasteiger partial charge on any atom is 0.134 e. The maximum absolute atomic E-state index is 4.62. The Bertz CT molecular complexity index is 385. The van der Waals surface area contributed by atoms with E-state index in [0.717, 1.165) is 5.92 Å². The zero-order valence-electron chi connectivity index (χ0n) is 11.0. The number of piperidine rings is 3. The fourth-order valence-corrected chi connectivity index (χ4v) is 4.96. The van der Waals surface area contributed by atoms with Crippen molar-refractivity contribution < 1.29 is 0 Å². The maximum atomic E-state index is 4.62. The first-order valence-electron chi connectivity index (χ1n) is 7.06. The molecule has 0 aromatic carbocycles. The van der Waals surface area contributed by atoms with Gasteiger partial charge in [0, 0.05) is 12.5 Å². The molecule has 3 fully saturated rings. The summed E-state index contributed by atoms with van der Waals surface area (Å²) >= 11 is 3.32. The summed E-state index contributed by atoms with van der Waals surface area (Å²) in [4.78, 5) is 2.60. The monoisotopic (exact) mass is 283 g/mol. The third-order valence-corrected chi connectivity index (χ3v) is 5.95. The summed E-state index contributed by atoms with van der Waals surface area (Å²) in [6, 6.07) is 0. The lowest BCUT2D eigenvalue weighted by molar-refractivity contribution is 0.0846. The van der Waals surface area contributed by atoms with E-state index in [-0.39, 0.29) is 0 Å². The minimum Gasteiger partial charge on any atom is -0.303 e. The van der Waals surface area contributed by atoms with Gasteiger partial charge in [-0.2, -0.15) is 8.75 Å². The van der Waals surface area contributed by atoms with Gasteiger partial charge in [-0.25, -0.2) is 0 Å². The Balaban J connectivity index is 1.70. The Morgan fingerprint density at radius 2 is 2.17 bits per heavy atom. The molecule has 0 spiro atoms. The van der Waals surface area contributed by atoms with Gasteiger partial charge in [-0.3, -0.25) is 0 Å². The van der Waals surface area contributed by atoms with E-state index in [1.165, 1.54) is 73.5 Å². The third kappa shape index (κ3) is 2.58. The van der Waals surface area contributed by atoms with Gasteiger partial charge in [0.2, 0.25) is 0 Å². The lowest BCUT2D eigenvalue weighted by Crippen LogP contribution is -2.46. The van der Waals surface area contributed by atoms with Crippen molar-refractivity contribution in [2.45, 2.75) is 43.6 Å². The molecule has 0 N–H and O–H groups in total. The van der Waals surface area contributed by atoms with E-state index < -0.39 is 0 Å². The largest absolute Gasteiger partial charge is 0.303 e. The number of unbranched alkanes of at least 4 members (excludes halogenated alkanes) is 1. The van der Waals surface area contributed by atoms with E-state index in [1.54, 1.807) is 0 Å². The molecule has 3 aliphatic rings. The number of rotatable bonds is 5. The van der Waals surface area contributed by atoms with Crippen molar-refractivity contribution in [1.82, 2.24) is 13.6 Å². The van der Waals surface area contributed by atoms with Crippen molar-refractivity contribution in [3.63, 3.8) is 0 Å². The van der Waals surface area contributed by atoms with E-state index in [0.29, 0.717) is 5.92 Å². The summed E-state index contributed by atoms with van der Waals surface area (Å²) in [6.07, 6.45) is 5.27. The molecule has 0 radical (unpaired) electrons. The van der Waals surface area contributed by atoms with Crippen molar-refractivity contribution in [2.24, 2.45) is 5.92 Å². The summed E-state index contributed by atoms with van der Waals surface area (Å²) < 4.78 is 9.14. The molecule has 5 heteroatoms. The van der Waals surface area contributed by atoms with E-state index in [2.05, 4.69) is 20.6 Å². The van der Waals surface area contributed by atoms with Crippen molar-refractivity contribution in [1.29, 1.82) is 0 Å². The number of hydrogen-bond acceptors (Lipinski definition) is 5. The topological polar surface area (TPSA) is 29.0 Å². The molecule has 18 heavy (non-hydrogen) atoms. The van der Waals surface area contributed by atoms with Crippen LogP contribution in [0.4, 0.5) is 0 Å². The molecule has 1 aromatic rings. The Kier molecular flexibility index (Phi) is 4.21. The summed E-state index contributed by atoms with van der Waals surface area (Å²) in [5.41, 5.74) is 1.32. The molecule has 4 rings (SSSR count). The van der Waals surface area contributed by atoms with Gasteiger partial charge in [0.05, 0.1) is 17.4 Å². The molecule has 100 valence electrons. The predicted molar refractivity (Wildman–Crippen MR) is 77.4 cm³/mol. The second-order valence-electron chi connectivity index (χ2n) is 5.40. The first kappa shape index (κ1) is 12.9.